The van der Waals surface area contributed by atoms with Gasteiger partial charge < -0.3 is 0 Å². The molecule has 0 N–H and O–H groups in total. The lowest BCUT2D eigenvalue weighted by molar-refractivity contribution is 0.509. The van der Waals surface area contributed by atoms with E-state index in [9.17, 15) is 4.57 Å². The van der Waals surface area contributed by atoms with Gasteiger partial charge in [0.05, 0.1) is 5.52 Å². The van der Waals surface area contributed by atoms with Crippen LogP contribution in [0.2, 0.25) is 0 Å². The smallest absolute Gasteiger partial charge is 0.186 e. The normalized spacial score (nSPS) is 13.3. The number of aromatic nitrogens is 1. The highest BCUT2D eigenvalue weighted by Gasteiger charge is 2.48. The van der Waals surface area contributed by atoms with Gasteiger partial charge in [-0.05, 0) is 18.1 Å². The first-order valence-electron chi connectivity index (χ1n) is 9.25. The van der Waals surface area contributed by atoms with Crippen LogP contribution in [0, 0.1) is 6.92 Å². The first kappa shape index (κ1) is 19.0. The van der Waals surface area contributed by atoms with Crippen molar-refractivity contribution >= 4 is 18.2 Å². The molecule has 3 heteroatoms. The van der Waals surface area contributed by atoms with Crippen molar-refractivity contribution in [3.8, 4) is 11.1 Å². The van der Waals surface area contributed by atoms with Crippen molar-refractivity contribution in [2.45, 2.75) is 58.8 Å². The van der Waals surface area contributed by atoms with E-state index < -0.39 is 7.29 Å². The Hall–Kier alpha value is -1.79. The standard InChI is InChI=1S/C23H30NOP/c1-17-16-24(26(25,22(2,3)4)23(5,6)7)21-19(17)14-11-15-20(21)18-12-9-8-10-13-18/h8-16H,1-7H3. The predicted molar refractivity (Wildman–Crippen MR) is 115 cm³/mol. The maximum atomic E-state index is 14.6. The summed E-state index contributed by atoms with van der Waals surface area (Å²) >= 11 is 0. The molecule has 0 atom stereocenters. The lowest BCUT2D eigenvalue weighted by atomic mass is 10.0. The second-order valence-corrected chi connectivity index (χ2v) is 13.4. The summed E-state index contributed by atoms with van der Waals surface area (Å²) < 4.78 is 16.8. The van der Waals surface area contributed by atoms with Crippen LogP contribution >= 0.6 is 7.29 Å². The largest absolute Gasteiger partial charge is 0.299 e. The van der Waals surface area contributed by atoms with Gasteiger partial charge in [-0.3, -0.25) is 8.90 Å². The Bertz CT molecular complexity index is 967. The van der Waals surface area contributed by atoms with Crippen LogP contribution < -0.4 is 0 Å². The molecule has 0 aliphatic rings. The number of hydrogen-bond acceptors (Lipinski definition) is 1. The first-order valence-corrected chi connectivity index (χ1v) is 10.9. The Kier molecular flexibility index (Phi) is 4.48. The maximum absolute atomic E-state index is 14.6. The second kappa shape index (κ2) is 6.13. The van der Waals surface area contributed by atoms with Crippen LogP contribution in [-0.4, -0.2) is 14.6 Å². The zero-order chi connectivity index (χ0) is 19.3. The molecule has 0 aliphatic carbocycles. The van der Waals surface area contributed by atoms with E-state index in [1.54, 1.807) is 0 Å². The monoisotopic (exact) mass is 367 g/mol. The lowest BCUT2D eigenvalue weighted by Gasteiger charge is -2.42. The molecule has 2 nitrogen and oxygen atoms in total. The third-order valence-electron chi connectivity index (χ3n) is 5.21. The van der Waals surface area contributed by atoms with E-state index in [0.717, 1.165) is 16.6 Å². The summed E-state index contributed by atoms with van der Waals surface area (Å²) in [5.74, 6) is 0. The molecule has 2 aromatic carbocycles. The van der Waals surface area contributed by atoms with Crippen molar-refractivity contribution in [2.24, 2.45) is 0 Å². The van der Waals surface area contributed by atoms with Crippen molar-refractivity contribution in [2.75, 3.05) is 0 Å². The topological polar surface area (TPSA) is 22.0 Å². The third-order valence-corrected chi connectivity index (χ3v) is 9.77. The highest BCUT2D eigenvalue weighted by Crippen LogP contribution is 2.68. The van der Waals surface area contributed by atoms with E-state index in [0.29, 0.717) is 0 Å². The zero-order valence-corrected chi connectivity index (χ0v) is 17.9. The van der Waals surface area contributed by atoms with Crippen molar-refractivity contribution in [1.29, 1.82) is 0 Å². The molecule has 0 amide bonds. The lowest BCUT2D eigenvalue weighted by Crippen LogP contribution is -2.32. The van der Waals surface area contributed by atoms with Crippen LogP contribution in [-0.2, 0) is 4.57 Å². The number of fused-ring (bicyclic) bond motifs is 1. The van der Waals surface area contributed by atoms with E-state index in [1.165, 1.54) is 10.9 Å². The minimum Gasteiger partial charge on any atom is -0.299 e. The Morgan fingerprint density at radius 3 is 1.92 bits per heavy atom. The van der Waals surface area contributed by atoms with Gasteiger partial charge in [0.15, 0.2) is 7.29 Å². The molecule has 0 aliphatic heterocycles. The van der Waals surface area contributed by atoms with Crippen LogP contribution in [0.25, 0.3) is 22.0 Å². The fraction of sp³-hybridized carbons (Fsp3) is 0.391. The van der Waals surface area contributed by atoms with E-state index in [4.69, 9.17) is 0 Å². The molecule has 3 aromatic rings. The van der Waals surface area contributed by atoms with E-state index in [-0.39, 0.29) is 10.3 Å². The fourth-order valence-corrected chi connectivity index (χ4v) is 8.29. The fourth-order valence-electron chi connectivity index (χ4n) is 4.15. The number of aryl methyl sites for hydroxylation is 1. The van der Waals surface area contributed by atoms with Crippen molar-refractivity contribution in [1.82, 2.24) is 4.34 Å². The van der Waals surface area contributed by atoms with Gasteiger partial charge >= 0.3 is 0 Å². The van der Waals surface area contributed by atoms with Gasteiger partial charge in [-0.1, -0.05) is 90.1 Å². The molecule has 0 radical (unpaired) electrons. The highest BCUT2D eigenvalue weighted by atomic mass is 31.2. The molecule has 1 aromatic heterocycles. The summed E-state index contributed by atoms with van der Waals surface area (Å²) in [6.45, 7) is 14.7. The zero-order valence-electron chi connectivity index (χ0n) is 17.0. The first-order chi connectivity index (χ1) is 12.0. The SMILES string of the molecule is Cc1cn(P(=O)(C(C)(C)C)C(C)(C)C)c2c(-c3ccccc3)cccc12. The van der Waals surface area contributed by atoms with Gasteiger partial charge in [0.25, 0.3) is 0 Å². The number of rotatable bonds is 2. The molecule has 0 saturated heterocycles. The van der Waals surface area contributed by atoms with E-state index in [1.807, 2.05) is 6.07 Å². The number of benzene rings is 2. The summed E-state index contributed by atoms with van der Waals surface area (Å²) in [4.78, 5) is 0. The quantitative estimate of drug-likeness (QED) is 0.434. The van der Waals surface area contributed by atoms with Crippen LogP contribution in [0.4, 0.5) is 0 Å². The molecule has 26 heavy (non-hydrogen) atoms. The number of para-hydroxylation sites is 1. The van der Waals surface area contributed by atoms with Crippen LogP contribution in [0.3, 0.4) is 0 Å². The molecular weight excluding hydrogens is 337 g/mol. The van der Waals surface area contributed by atoms with Crippen molar-refractivity contribution in [3.63, 3.8) is 0 Å². The summed E-state index contributed by atoms with van der Waals surface area (Å²) in [6.07, 6.45) is 2.11. The van der Waals surface area contributed by atoms with Gasteiger partial charge in [0.2, 0.25) is 0 Å². The van der Waals surface area contributed by atoms with Gasteiger partial charge in [-0.25, -0.2) is 0 Å². The Morgan fingerprint density at radius 1 is 0.808 bits per heavy atom. The highest BCUT2D eigenvalue weighted by molar-refractivity contribution is 7.65. The molecule has 0 spiro atoms. The van der Waals surface area contributed by atoms with Crippen LogP contribution in [0.5, 0.6) is 0 Å². The average Bonchev–Trinajstić information content (AvgIpc) is 2.90. The molecule has 0 unspecified atom stereocenters. The molecule has 0 bridgehead atoms. The maximum Gasteiger partial charge on any atom is 0.186 e. The number of nitrogens with zero attached hydrogens (tertiary/aromatic N) is 1. The van der Waals surface area contributed by atoms with Gasteiger partial charge in [-0.15, -0.1) is 0 Å². The van der Waals surface area contributed by atoms with Gasteiger partial charge in [0, 0.05) is 27.5 Å². The van der Waals surface area contributed by atoms with E-state index in [2.05, 4.69) is 101 Å². The average molecular weight is 367 g/mol. The summed E-state index contributed by atoms with van der Waals surface area (Å²) in [5.41, 5.74) is 4.56. The van der Waals surface area contributed by atoms with E-state index >= 15 is 0 Å². The molecule has 3 rings (SSSR count). The van der Waals surface area contributed by atoms with Crippen LogP contribution in [0.1, 0.15) is 47.1 Å². The molecular formula is C23H30NOP. The summed E-state index contributed by atoms with van der Waals surface area (Å²) in [7, 11) is -2.79. The minimum absolute atomic E-state index is 0.340. The van der Waals surface area contributed by atoms with Crippen LogP contribution in [0.15, 0.2) is 54.7 Å². The third kappa shape index (κ3) is 2.76. The molecule has 1 heterocycles. The molecule has 0 saturated carbocycles. The molecule has 138 valence electrons. The van der Waals surface area contributed by atoms with Gasteiger partial charge in [0.1, 0.15) is 0 Å². The second-order valence-electron chi connectivity index (χ2n) is 9.14. The molecule has 0 fully saturated rings. The predicted octanol–water partition coefficient (Wildman–Crippen LogP) is 7.34. The van der Waals surface area contributed by atoms with Crippen molar-refractivity contribution < 1.29 is 4.57 Å². The summed E-state index contributed by atoms with van der Waals surface area (Å²) in [6, 6.07) is 16.8. The number of hydrogen-bond donors (Lipinski definition) is 0. The summed E-state index contributed by atoms with van der Waals surface area (Å²) in [5, 5.41) is 0.501. The Balaban J connectivity index is 2.47. The Morgan fingerprint density at radius 2 is 1.38 bits per heavy atom. The minimum atomic E-state index is -2.79. The van der Waals surface area contributed by atoms with Crippen molar-refractivity contribution in [3.05, 3.63) is 60.3 Å². The van der Waals surface area contributed by atoms with Gasteiger partial charge in [-0.2, -0.15) is 0 Å². The Labute approximate surface area is 157 Å².